The second-order valence-corrected chi connectivity index (χ2v) is 3.93. The highest BCUT2D eigenvalue weighted by Crippen LogP contribution is 1.92. The fourth-order valence-corrected chi connectivity index (χ4v) is 1.13. The van der Waals surface area contributed by atoms with Gasteiger partial charge in [-0.15, -0.1) is 0 Å². The van der Waals surface area contributed by atoms with Gasteiger partial charge in [0.25, 0.3) is 0 Å². The highest BCUT2D eigenvalue weighted by molar-refractivity contribution is 6.53. The Morgan fingerprint density at radius 3 is 2.58 bits per heavy atom. The van der Waals surface area contributed by atoms with Gasteiger partial charge < -0.3 is 14.4 Å². The fraction of sp³-hybridized carbons (Fsp3) is 0.167. The number of hydrogen-bond donors (Lipinski definition) is 4. The second-order valence-electron chi connectivity index (χ2n) is 2.31. The molecular formula is C6H10N2O3Si. The lowest BCUT2D eigenvalue weighted by Crippen LogP contribution is -2.51. The maximum absolute atomic E-state index is 8.59. The molecule has 1 aromatic heterocycles. The van der Waals surface area contributed by atoms with Crippen LogP contribution in [0, 0.1) is 0 Å². The summed E-state index contributed by atoms with van der Waals surface area (Å²) in [4.78, 5) is 31.9. The Morgan fingerprint density at radius 2 is 2.08 bits per heavy atom. The average molecular weight is 186 g/mol. The van der Waals surface area contributed by atoms with Crippen molar-refractivity contribution in [1.29, 1.82) is 0 Å². The molecule has 0 aromatic carbocycles. The van der Waals surface area contributed by atoms with Gasteiger partial charge in [-0.3, -0.25) is 9.97 Å². The lowest BCUT2D eigenvalue weighted by Gasteiger charge is -2.09. The number of pyridine rings is 1. The highest BCUT2D eigenvalue weighted by atomic mass is 28.4. The molecule has 12 heavy (non-hydrogen) atoms. The first-order valence-corrected chi connectivity index (χ1v) is 5.24. The zero-order valence-corrected chi connectivity index (χ0v) is 7.31. The standard InChI is InChI=1S/C6H10N2O3Si/c9-12(10,11)8-5-6-3-1-2-4-7-6/h1-4,8-11H,5H2. The van der Waals surface area contributed by atoms with E-state index in [0.29, 0.717) is 5.69 Å². The van der Waals surface area contributed by atoms with E-state index in [2.05, 4.69) is 9.97 Å². The van der Waals surface area contributed by atoms with Crippen LogP contribution in [0.4, 0.5) is 0 Å². The molecule has 4 N–H and O–H groups in total. The summed E-state index contributed by atoms with van der Waals surface area (Å²) in [7, 11) is -4.13. The van der Waals surface area contributed by atoms with Crippen LogP contribution in [0.25, 0.3) is 0 Å². The van der Waals surface area contributed by atoms with Crippen LogP contribution in [-0.4, -0.2) is 28.3 Å². The molecule has 66 valence electrons. The first-order valence-electron chi connectivity index (χ1n) is 3.40. The average Bonchev–Trinajstić information content (AvgIpc) is 2.02. The molecule has 1 heterocycles. The van der Waals surface area contributed by atoms with Crippen LogP contribution in [0.15, 0.2) is 24.4 Å². The van der Waals surface area contributed by atoms with Crippen LogP contribution in [0.3, 0.4) is 0 Å². The fourth-order valence-electron chi connectivity index (χ4n) is 0.712. The summed E-state index contributed by atoms with van der Waals surface area (Å²) in [5.41, 5.74) is 0.645. The molecule has 0 fully saturated rings. The lowest BCUT2D eigenvalue weighted by molar-refractivity contribution is 0.208. The van der Waals surface area contributed by atoms with E-state index in [9.17, 15) is 0 Å². The van der Waals surface area contributed by atoms with Crippen molar-refractivity contribution in [2.45, 2.75) is 6.54 Å². The van der Waals surface area contributed by atoms with Gasteiger partial charge >= 0.3 is 8.97 Å². The van der Waals surface area contributed by atoms with E-state index >= 15 is 0 Å². The van der Waals surface area contributed by atoms with Crippen LogP contribution in [0.2, 0.25) is 0 Å². The zero-order valence-electron chi connectivity index (χ0n) is 6.31. The van der Waals surface area contributed by atoms with Crippen LogP contribution >= 0.6 is 0 Å². The minimum atomic E-state index is -4.13. The van der Waals surface area contributed by atoms with Gasteiger partial charge in [-0.25, -0.2) is 0 Å². The van der Waals surface area contributed by atoms with Gasteiger partial charge in [0, 0.05) is 12.7 Å². The molecule has 0 aliphatic carbocycles. The van der Waals surface area contributed by atoms with Crippen LogP contribution in [0.5, 0.6) is 0 Å². The summed E-state index contributed by atoms with van der Waals surface area (Å²) < 4.78 is 0. The summed E-state index contributed by atoms with van der Waals surface area (Å²) in [6, 6.07) is 5.25. The Morgan fingerprint density at radius 1 is 1.33 bits per heavy atom. The first kappa shape index (κ1) is 9.30. The molecule has 1 aromatic rings. The number of hydrogen-bond acceptors (Lipinski definition) is 5. The normalized spacial score (nSPS) is 11.6. The topological polar surface area (TPSA) is 85.6 Å². The van der Waals surface area contributed by atoms with Crippen molar-refractivity contribution >= 4 is 8.97 Å². The Balaban J connectivity index is 2.44. The quantitative estimate of drug-likeness (QED) is 0.435. The second kappa shape index (κ2) is 3.74. The predicted octanol–water partition coefficient (Wildman–Crippen LogP) is -1.42. The molecule has 0 amide bonds. The summed E-state index contributed by atoms with van der Waals surface area (Å²) in [5, 5.41) is 0. The van der Waals surface area contributed by atoms with E-state index in [1.807, 2.05) is 0 Å². The van der Waals surface area contributed by atoms with Crippen molar-refractivity contribution in [3.63, 3.8) is 0 Å². The molecule has 6 heteroatoms. The Kier molecular flexibility index (Phi) is 2.90. The minimum absolute atomic E-state index is 0.149. The van der Waals surface area contributed by atoms with Crippen molar-refractivity contribution in [3.05, 3.63) is 30.1 Å². The molecular weight excluding hydrogens is 176 g/mol. The van der Waals surface area contributed by atoms with Crippen LogP contribution in [0.1, 0.15) is 5.69 Å². The molecule has 0 aliphatic heterocycles. The Labute approximate surface area is 70.8 Å². The van der Waals surface area contributed by atoms with Gasteiger partial charge in [-0.05, 0) is 12.1 Å². The van der Waals surface area contributed by atoms with E-state index in [0.717, 1.165) is 0 Å². The first-order chi connectivity index (χ1) is 5.58. The van der Waals surface area contributed by atoms with Crippen molar-refractivity contribution in [1.82, 2.24) is 9.97 Å². The Bertz CT molecular complexity index is 236. The molecule has 0 saturated carbocycles. The van der Waals surface area contributed by atoms with Crippen molar-refractivity contribution in [3.8, 4) is 0 Å². The smallest absolute Gasteiger partial charge is 0.377 e. The summed E-state index contributed by atoms with van der Waals surface area (Å²) >= 11 is 0. The monoisotopic (exact) mass is 186 g/mol. The van der Waals surface area contributed by atoms with Gasteiger partial charge in [0.15, 0.2) is 0 Å². The third-order valence-corrected chi connectivity index (χ3v) is 1.88. The van der Waals surface area contributed by atoms with Crippen LogP contribution < -0.4 is 4.98 Å². The molecule has 0 bridgehead atoms. The molecule has 5 nitrogen and oxygen atoms in total. The minimum Gasteiger partial charge on any atom is -0.377 e. The van der Waals surface area contributed by atoms with Crippen molar-refractivity contribution in [2.75, 3.05) is 0 Å². The van der Waals surface area contributed by atoms with E-state index < -0.39 is 8.97 Å². The molecule has 0 radical (unpaired) electrons. The largest absolute Gasteiger partial charge is 0.588 e. The third kappa shape index (κ3) is 3.56. The molecule has 0 aliphatic rings. The molecule has 1 rings (SSSR count). The number of nitrogens with zero attached hydrogens (tertiary/aromatic N) is 1. The van der Waals surface area contributed by atoms with Gasteiger partial charge in [0.1, 0.15) is 0 Å². The van der Waals surface area contributed by atoms with Gasteiger partial charge in [-0.2, -0.15) is 0 Å². The summed E-state index contributed by atoms with van der Waals surface area (Å²) in [6.45, 7) is 0.149. The maximum atomic E-state index is 8.59. The number of rotatable bonds is 3. The molecule has 0 atom stereocenters. The Hall–Kier alpha value is -0.793. The van der Waals surface area contributed by atoms with E-state index in [4.69, 9.17) is 14.4 Å². The van der Waals surface area contributed by atoms with Crippen molar-refractivity contribution < 1.29 is 14.4 Å². The van der Waals surface area contributed by atoms with E-state index in [-0.39, 0.29) is 6.54 Å². The van der Waals surface area contributed by atoms with Gasteiger partial charge in [-0.1, -0.05) is 6.07 Å². The molecule has 0 unspecified atom stereocenters. The summed E-state index contributed by atoms with van der Waals surface area (Å²) in [6.07, 6.45) is 1.59. The zero-order chi connectivity index (χ0) is 9.03. The SMILES string of the molecule is O[Si](O)(O)NCc1ccccn1. The lowest BCUT2D eigenvalue weighted by atomic mass is 10.4. The predicted molar refractivity (Wildman–Crippen MR) is 43.5 cm³/mol. The molecule has 0 saturated heterocycles. The summed E-state index contributed by atoms with van der Waals surface area (Å²) in [5.74, 6) is 0. The maximum Gasteiger partial charge on any atom is 0.588 e. The van der Waals surface area contributed by atoms with Crippen molar-refractivity contribution in [2.24, 2.45) is 0 Å². The van der Waals surface area contributed by atoms with E-state index in [1.54, 1.807) is 24.4 Å². The van der Waals surface area contributed by atoms with E-state index in [1.165, 1.54) is 0 Å². The van der Waals surface area contributed by atoms with Gasteiger partial charge in [0.2, 0.25) is 0 Å². The highest BCUT2D eigenvalue weighted by Gasteiger charge is 2.26. The third-order valence-electron chi connectivity index (χ3n) is 1.23. The number of aromatic nitrogens is 1. The number of nitrogens with one attached hydrogen (secondary N) is 1. The van der Waals surface area contributed by atoms with Crippen LogP contribution in [-0.2, 0) is 6.54 Å². The van der Waals surface area contributed by atoms with Gasteiger partial charge in [0.05, 0.1) is 5.69 Å². The molecule has 0 spiro atoms.